The summed E-state index contributed by atoms with van der Waals surface area (Å²) in [6.45, 7) is 0. The van der Waals surface area contributed by atoms with Crippen molar-refractivity contribution in [2.75, 3.05) is 5.32 Å². The first-order valence-corrected chi connectivity index (χ1v) is 6.60. The van der Waals surface area contributed by atoms with Gasteiger partial charge in [0.15, 0.2) is 0 Å². The van der Waals surface area contributed by atoms with Crippen LogP contribution in [0, 0.1) is 11.3 Å². The van der Waals surface area contributed by atoms with Gasteiger partial charge in [0.05, 0.1) is 12.0 Å². The van der Waals surface area contributed by atoms with Crippen molar-refractivity contribution in [3.8, 4) is 17.2 Å². The number of benzene rings is 2. The minimum Gasteiger partial charge on any atom is -0.326 e. The minimum absolute atomic E-state index is 0.0156. The molecule has 1 aliphatic rings. The number of hydrogen-bond donors (Lipinski definition) is 1. The number of nitriles is 1. The summed E-state index contributed by atoms with van der Waals surface area (Å²) in [7, 11) is 0. The summed E-state index contributed by atoms with van der Waals surface area (Å²) in [6, 6.07) is 13.6. The lowest BCUT2D eigenvalue weighted by Crippen LogP contribution is -2.03. The topological polar surface area (TPSA) is 52.9 Å². The molecule has 19 heavy (non-hydrogen) atoms. The van der Waals surface area contributed by atoms with E-state index in [-0.39, 0.29) is 5.91 Å². The average molecular weight is 313 g/mol. The summed E-state index contributed by atoms with van der Waals surface area (Å²) in [5.74, 6) is 0.0156. The third kappa shape index (κ3) is 2.02. The van der Waals surface area contributed by atoms with Crippen molar-refractivity contribution >= 4 is 27.5 Å². The van der Waals surface area contributed by atoms with E-state index in [4.69, 9.17) is 0 Å². The van der Waals surface area contributed by atoms with Crippen LogP contribution >= 0.6 is 15.9 Å². The zero-order valence-electron chi connectivity index (χ0n) is 9.90. The van der Waals surface area contributed by atoms with Crippen molar-refractivity contribution in [1.29, 1.82) is 5.26 Å². The highest BCUT2D eigenvalue weighted by Crippen LogP contribution is 2.32. The predicted molar refractivity (Wildman–Crippen MR) is 76.6 cm³/mol. The number of carbonyl (C=O) groups is 1. The van der Waals surface area contributed by atoms with Crippen LogP contribution in [-0.2, 0) is 11.2 Å². The Bertz CT molecular complexity index is 731. The van der Waals surface area contributed by atoms with Crippen molar-refractivity contribution in [2.45, 2.75) is 6.42 Å². The van der Waals surface area contributed by atoms with Gasteiger partial charge in [0, 0.05) is 15.7 Å². The van der Waals surface area contributed by atoms with Crippen LogP contribution in [0.2, 0.25) is 0 Å². The van der Waals surface area contributed by atoms with Gasteiger partial charge in [-0.3, -0.25) is 4.79 Å². The van der Waals surface area contributed by atoms with E-state index >= 15 is 0 Å². The van der Waals surface area contributed by atoms with Gasteiger partial charge in [0.2, 0.25) is 5.91 Å². The number of carbonyl (C=O) groups excluding carboxylic acids is 1. The Kier molecular flexibility index (Phi) is 2.84. The second-order valence-electron chi connectivity index (χ2n) is 4.37. The molecule has 1 amide bonds. The molecule has 4 heteroatoms. The summed E-state index contributed by atoms with van der Waals surface area (Å²) >= 11 is 3.39. The molecule has 0 fully saturated rings. The molecular weight excluding hydrogens is 304 g/mol. The van der Waals surface area contributed by atoms with Crippen LogP contribution in [0.1, 0.15) is 11.1 Å². The van der Waals surface area contributed by atoms with Crippen molar-refractivity contribution in [3.63, 3.8) is 0 Å². The first-order valence-electron chi connectivity index (χ1n) is 5.81. The first-order chi connectivity index (χ1) is 9.19. The maximum atomic E-state index is 11.4. The van der Waals surface area contributed by atoms with Gasteiger partial charge in [-0.15, -0.1) is 0 Å². The van der Waals surface area contributed by atoms with Crippen LogP contribution in [0.25, 0.3) is 11.1 Å². The molecule has 0 saturated heterocycles. The van der Waals surface area contributed by atoms with Crippen LogP contribution in [0.4, 0.5) is 5.69 Å². The molecule has 3 rings (SSSR count). The number of rotatable bonds is 1. The number of anilines is 1. The minimum atomic E-state index is 0.0156. The molecule has 2 aromatic rings. The number of fused-ring (bicyclic) bond motifs is 1. The van der Waals surface area contributed by atoms with Crippen LogP contribution in [0.3, 0.4) is 0 Å². The third-order valence-electron chi connectivity index (χ3n) is 3.17. The molecule has 92 valence electrons. The number of hydrogen-bond acceptors (Lipinski definition) is 2. The Morgan fingerprint density at radius 2 is 2.11 bits per heavy atom. The molecule has 0 unspecified atom stereocenters. The summed E-state index contributed by atoms with van der Waals surface area (Å²) in [5, 5.41) is 12.1. The molecule has 0 radical (unpaired) electrons. The highest BCUT2D eigenvalue weighted by molar-refractivity contribution is 9.10. The molecule has 1 heterocycles. The maximum absolute atomic E-state index is 11.4. The normalized spacial score (nSPS) is 12.7. The van der Waals surface area contributed by atoms with Gasteiger partial charge in [-0.2, -0.15) is 5.26 Å². The molecule has 2 aromatic carbocycles. The molecule has 0 spiro atoms. The van der Waals surface area contributed by atoms with Crippen LogP contribution in [0.5, 0.6) is 0 Å². The Balaban J connectivity index is 2.15. The fraction of sp³-hybridized carbons (Fsp3) is 0.0667. The van der Waals surface area contributed by atoms with E-state index in [1.807, 2.05) is 36.4 Å². The second-order valence-corrected chi connectivity index (χ2v) is 5.23. The smallest absolute Gasteiger partial charge is 0.228 e. The second kappa shape index (κ2) is 4.52. The zero-order chi connectivity index (χ0) is 13.4. The van der Waals surface area contributed by atoms with E-state index in [2.05, 4.69) is 27.3 Å². The van der Waals surface area contributed by atoms with Crippen LogP contribution < -0.4 is 5.32 Å². The lowest BCUT2D eigenvalue weighted by molar-refractivity contribution is -0.115. The van der Waals surface area contributed by atoms with Gasteiger partial charge in [0.1, 0.15) is 6.07 Å². The largest absolute Gasteiger partial charge is 0.326 e. The molecule has 0 saturated carbocycles. The Hall–Kier alpha value is -2.12. The fourth-order valence-electron chi connectivity index (χ4n) is 2.28. The molecule has 1 N–H and O–H groups in total. The summed E-state index contributed by atoms with van der Waals surface area (Å²) in [4.78, 5) is 11.4. The molecule has 0 aliphatic carbocycles. The first kappa shape index (κ1) is 11.9. The third-order valence-corrected chi connectivity index (χ3v) is 3.83. The summed E-state index contributed by atoms with van der Waals surface area (Å²) < 4.78 is 0.780. The van der Waals surface area contributed by atoms with Crippen molar-refractivity contribution in [1.82, 2.24) is 0 Å². The average Bonchev–Trinajstić information content (AvgIpc) is 2.77. The Morgan fingerprint density at radius 3 is 2.89 bits per heavy atom. The Labute approximate surface area is 119 Å². The number of nitrogens with one attached hydrogen (secondary N) is 1. The van der Waals surface area contributed by atoms with Gasteiger partial charge in [-0.1, -0.05) is 18.2 Å². The van der Waals surface area contributed by atoms with E-state index in [0.717, 1.165) is 26.9 Å². The SMILES string of the molecule is N#Cc1c(Br)cccc1-c1ccc2c(c1)CC(=O)N2. The molecule has 3 nitrogen and oxygen atoms in total. The van der Waals surface area contributed by atoms with E-state index in [1.165, 1.54) is 0 Å². The number of nitrogens with zero attached hydrogens (tertiary/aromatic N) is 1. The van der Waals surface area contributed by atoms with Gasteiger partial charge in [-0.05, 0) is 45.3 Å². The molecule has 1 aliphatic heterocycles. The molecule has 0 aromatic heterocycles. The maximum Gasteiger partial charge on any atom is 0.228 e. The lowest BCUT2D eigenvalue weighted by atomic mass is 9.98. The van der Waals surface area contributed by atoms with Gasteiger partial charge in [-0.25, -0.2) is 0 Å². The van der Waals surface area contributed by atoms with Crippen molar-refractivity contribution in [2.24, 2.45) is 0 Å². The highest BCUT2D eigenvalue weighted by Gasteiger charge is 2.18. The predicted octanol–water partition coefficient (Wildman–Crippen LogP) is 3.48. The van der Waals surface area contributed by atoms with E-state index in [1.54, 1.807) is 0 Å². The van der Waals surface area contributed by atoms with Crippen LogP contribution in [-0.4, -0.2) is 5.91 Å². The van der Waals surface area contributed by atoms with Crippen molar-refractivity contribution in [3.05, 3.63) is 52.0 Å². The monoisotopic (exact) mass is 312 g/mol. The van der Waals surface area contributed by atoms with Gasteiger partial charge in [0.25, 0.3) is 0 Å². The molecule has 0 bridgehead atoms. The van der Waals surface area contributed by atoms with Gasteiger partial charge < -0.3 is 5.32 Å². The number of amides is 1. The molecular formula is C15H9BrN2O. The standard InChI is InChI=1S/C15H9BrN2O/c16-13-3-1-2-11(12(13)8-17)9-4-5-14-10(6-9)7-15(19)18-14/h1-6H,7H2,(H,18,19). The number of halogens is 1. The summed E-state index contributed by atoms with van der Waals surface area (Å²) in [5.41, 5.74) is 4.28. The highest BCUT2D eigenvalue weighted by atomic mass is 79.9. The summed E-state index contributed by atoms with van der Waals surface area (Å²) in [6.07, 6.45) is 0.402. The fourth-order valence-corrected chi connectivity index (χ4v) is 2.73. The molecule has 0 atom stereocenters. The van der Waals surface area contributed by atoms with E-state index in [9.17, 15) is 10.1 Å². The Morgan fingerprint density at radius 1 is 1.26 bits per heavy atom. The van der Waals surface area contributed by atoms with E-state index < -0.39 is 0 Å². The quantitative estimate of drug-likeness (QED) is 0.876. The van der Waals surface area contributed by atoms with Crippen LogP contribution in [0.15, 0.2) is 40.9 Å². The van der Waals surface area contributed by atoms with E-state index in [0.29, 0.717) is 12.0 Å². The lowest BCUT2D eigenvalue weighted by Gasteiger charge is -2.07. The van der Waals surface area contributed by atoms with Crippen molar-refractivity contribution < 1.29 is 4.79 Å². The van der Waals surface area contributed by atoms with Gasteiger partial charge >= 0.3 is 0 Å². The zero-order valence-corrected chi connectivity index (χ0v) is 11.5.